The fourth-order valence-electron chi connectivity index (χ4n) is 7.43. The van der Waals surface area contributed by atoms with Gasteiger partial charge in [0.1, 0.15) is 0 Å². The molecule has 0 spiro atoms. The highest BCUT2D eigenvalue weighted by molar-refractivity contribution is 7.25. The van der Waals surface area contributed by atoms with Gasteiger partial charge in [-0.15, -0.1) is 11.3 Å². The molecule has 0 saturated carbocycles. The number of thiophene rings is 1. The van der Waals surface area contributed by atoms with Crippen LogP contribution in [0.3, 0.4) is 0 Å². The highest BCUT2D eigenvalue weighted by atomic mass is 32.1. The standard InChI is InChI=1S/C46H30N2S/c1-2-12-35(13-3-1)48-43-16-8-6-14-39(43)42-29-37(25-27-44(42)48)47(38-24-26-41-40-15-7-9-17-45(40)49-46(41)30-38)36-22-20-32(21-23-36)34-19-18-31-10-4-5-11-33(31)28-34/h1-30H. The number of hydrogen-bond donors (Lipinski definition) is 0. The Morgan fingerprint density at radius 2 is 1.00 bits per heavy atom. The zero-order valence-corrected chi connectivity index (χ0v) is 27.4. The van der Waals surface area contributed by atoms with Crippen molar-refractivity contribution in [2.75, 3.05) is 4.90 Å². The molecule has 10 rings (SSSR count). The predicted molar refractivity (Wildman–Crippen MR) is 211 cm³/mol. The van der Waals surface area contributed by atoms with E-state index < -0.39 is 0 Å². The molecule has 0 bridgehead atoms. The van der Waals surface area contributed by atoms with E-state index >= 15 is 0 Å². The van der Waals surface area contributed by atoms with Crippen molar-refractivity contribution in [2.24, 2.45) is 0 Å². The van der Waals surface area contributed by atoms with Crippen molar-refractivity contribution in [3.63, 3.8) is 0 Å². The summed E-state index contributed by atoms with van der Waals surface area (Å²) in [6, 6.07) is 66.3. The predicted octanol–water partition coefficient (Wildman–Crippen LogP) is 13.4. The minimum absolute atomic E-state index is 1.12. The Morgan fingerprint density at radius 3 is 1.88 bits per heavy atom. The summed E-state index contributed by atoms with van der Waals surface area (Å²) in [6.07, 6.45) is 0. The van der Waals surface area contributed by atoms with Gasteiger partial charge in [-0.25, -0.2) is 0 Å². The highest BCUT2D eigenvalue weighted by Gasteiger charge is 2.18. The maximum atomic E-state index is 2.40. The molecule has 49 heavy (non-hydrogen) atoms. The lowest BCUT2D eigenvalue weighted by Gasteiger charge is -2.26. The second-order valence-electron chi connectivity index (χ2n) is 12.6. The van der Waals surface area contributed by atoms with Crippen LogP contribution in [-0.4, -0.2) is 4.57 Å². The van der Waals surface area contributed by atoms with Gasteiger partial charge in [0.05, 0.1) is 11.0 Å². The zero-order chi connectivity index (χ0) is 32.3. The number of para-hydroxylation sites is 2. The zero-order valence-electron chi connectivity index (χ0n) is 26.6. The van der Waals surface area contributed by atoms with Gasteiger partial charge in [0.15, 0.2) is 0 Å². The first-order valence-corrected chi connectivity index (χ1v) is 17.5. The van der Waals surface area contributed by atoms with Crippen molar-refractivity contribution in [3.8, 4) is 16.8 Å². The number of hydrogen-bond acceptors (Lipinski definition) is 2. The van der Waals surface area contributed by atoms with Crippen LogP contribution in [0.25, 0.3) is 69.6 Å². The number of benzene rings is 8. The fraction of sp³-hybridized carbons (Fsp3) is 0. The van der Waals surface area contributed by atoms with Gasteiger partial charge >= 0.3 is 0 Å². The molecule has 2 nitrogen and oxygen atoms in total. The number of rotatable bonds is 5. The first-order chi connectivity index (χ1) is 24.3. The molecule has 3 heteroatoms. The molecular weight excluding hydrogens is 613 g/mol. The minimum Gasteiger partial charge on any atom is -0.310 e. The number of aromatic nitrogens is 1. The van der Waals surface area contributed by atoms with Gasteiger partial charge in [0.25, 0.3) is 0 Å². The molecule has 10 aromatic rings. The van der Waals surface area contributed by atoms with Crippen LogP contribution in [0.2, 0.25) is 0 Å². The molecule has 0 aliphatic heterocycles. The van der Waals surface area contributed by atoms with Gasteiger partial charge in [0.2, 0.25) is 0 Å². The summed E-state index contributed by atoms with van der Waals surface area (Å²) in [6.45, 7) is 0. The molecule has 0 unspecified atom stereocenters. The van der Waals surface area contributed by atoms with Gasteiger partial charge in [-0.3, -0.25) is 0 Å². The summed E-state index contributed by atoms with van der Waals surface area (Å²) in [5.74, 6) is 0. The summed E-state index contributed by atoms with van der Waals surface area (Å²) in [4.78, 5) is 2.40. The first-order valence-electron chi connectivity index (χ1n) is 16.7. The van der Waals surface area contributed by atoms with E-state index in [-0.39, 0.29) is 0 Å². The summed E-state index contributed by atoms with van der Waals surface area (Å²) >= 11 is 1.86. The monoisotopic (exact) mass is 642 g/mol. The molecule has 2 heterocycles. The molecular formula is C46H30N2S. The average molecular weight is 643 g/mol. The second-order valence-corrected chi connectivity index (χ2v) is 13.7. The lowest BCUT2D eigenvalue weighted by molar-refractivity contribution is 1.18. The SMILES string of the molecule is c1ccc(-n2c3ccccc3c3cc(N(c4ccc(-c5ccc6ccccc6c5)cc4)c4ccc5c(c4)sc4ccccc45)ccc32)cc1. The van der Waals surface area contributed by atoms with Crippen molar-refractivity contribution >= 4 is 81.1 Å². The molecule has 0 fully saturated rings. The van der Waals surface area contributed by atoms with Crippen molar-refractivity contribution in [1.29, 1.82) is 0 Å². The van der Waals surface area contributed by atoms with E-state index in [0.29, 0.717) is 0 Å². The molecule has 8 aromatic carbocycles. The maximum Gasteiger partial charge on any atom is 0.0542 e. The normalized spacial score (nSPS) is 11.7. The number of anilines is 3. The quantitative estimate of drug-likeness (QED) is 0.181. The van der Waals surface area contributed by atoms with Crippen LogP contribution in [-0.2, 0) is 0 Å². The Kier molecular flexibility index (Phi) is 6.39. The van der Waals surface area contributed by atoms with Gasteiger partial charge in [-0.05, 0) is 94.7 Å². The first kappa shape index (κ1) is 27.9. The van der Waals surface area contributed by atoms with Gasteiger partial charge in [-0.1, -0.05) is 109 Å². The summed E-state index contributed by atoms with van der Waals surface area (Å²) in [5, 5.41) is 7.61. The molecule has 2 aromatic heterocycles. The Morgan fingerprint density at radius 1 is 0.367 bits per heavy atom. The van der Waals surface area contributed by atoms with Crippen molar-refractivity contribution in [3.05, 3.63) is 182 Å². The van der Waals surface area contributed by atoms with Crippen LogP contribution >= 0.6 is 11.3 Å². The van der Waals surface area contributed by atoms with Crippen LogP contribution < -0.4 is 4.90 Å². The average Bonchev–Trinajstić information content (AvgIpc) is 3.70. The van der Waals surface area contributed by atoms with E-state index in [0.717, 1.165) is 22.7 Å². The molecule has 0 saturated heterocycles. The fourth-order valence-corrected chi connectivity index (χ4v) is 8.57. The number of nitrogens with zero attached hydrogens (tertiary/aromatic N) is 2. The van der Waals surface area contributed by atoms with Crippen LogP contribution in [0.1, 0.15) is 0 Å². The van der Waals surface area contributed by atoms with E-state index in [4.69, 9.17) is 0 Å². The minimum atomic E-state index is 1.12. The third-order valence-electron chi connectivity index (χ3n) is 9.76. The topological polar surface area (TPSA) is 8.17 Å². The maximum absolute atomic E-state index is 2.40. The third kappa shape index (κ3) is 4.62. The van der Waals surface area contributed by atoms with E-state index in [2.05, 4.69) is 191 Å². The van der Waals surface area contributed by atoms with E-state index in [9.17, 15) is 0 Å². The Hall–Kier alpha value is -6.16. The van der Waals surface area contributed by atoms with Gasteiger partial charge in [-0.2, -0.15) is 0 Å². The number of fused-ring (bicyclic) bond motifs is 7. The molecule has 0 atom stereocenters. The largest absolute Gasteiger partial charge is 0.310 e. The smallest absolute Gasteiger partial charge is 0.0542 e. The molecule has 0 aliphatic rings. The van der Waals surface area contributed by atoms with Gasteiger partial charge < -0.3 is 9.47 Å². The summed E-state index contributed by atoms with van der Waals surface area (Å²) in [5.41, 5.74) is 9.39. The lowest BCUT2D eigenvalue weighted by atomic mass is 10.0. The molecule has 230 valence electrons. The molecule has 0 aliphatic carbocycles. The van der Waals surface area contributed by atoms with Gasteiger partial charge in [0, 0.05) is 53.7 Å². The summed E-state index contributed by atoms with van der Waals surface area (Å²) in [7, 11) is 0. The van der Waals surface area contributed by atoms with Crippen molar-refractivity contribution < 1.29 is 0 Å². The summed E-state index contributed by atoms with van der Waals surface area (Å²) < 4.78 is 4.98. The highest BCUT2D eigenvalue weighted by Crippen LogP contribution is 2.43. The molecule has 0 radical (unpaired) electrons. The van der Waals surface area contributed by atoms with E-state index in [1.807, 2.05) is 11.3 Å². The van der Waals surface area contributed by atoms with Crippen LogP contribution in [0.5, 0.6) is 0 Å². The third-order valence-corrected chi connectivity index (χ3v) is 10.9. The Bertz CT molecular complexity index is 2830. The van der Waals surface area contributed by atoms with Crippen LogP contribution in [0.15, 0.2) is 182 Å². The molecule has 0 N–H and O–H groups in total. The second kappa shape index (κ2) is 11.2. The lowest BCUT2D eigenvalue weighted by Crippen LogP contribution is -2.09. The Balaban J connectivity index is 1.16. The van der Waals surface area contributed by atoms with Crippen molar-refractivity contribution in [2.45, 2.75) is 0 Å². The van der Waals surface area contributed by atoms with E-state index in [1.165, 1.54) is 63.9 Å². The van der Waals surface area contributed by atoms with E-state index in [1.54, 1.807) is 0 Å². The van der Waals surface area contributed by atoms with Crippen LogP contribution in [0.4, 0.5) is 17.1 Å². The molecule has 0 amide bonds. The Labute approximate surface area is 288 Å². The van der Waals surface area contributed by atoms with Crippen molar-refractivity contribution in [1.82, 2.24) is 4.57 Å². The van der Waals surface area contributed by atoms with Crippen LogP contribution in [0, 0.1) is 0 Å².